The second-order valence-electron chi connectivity index (χ2n) is 3.06. The molecular formula is C11H11N. The van der Waals surface area contributed by atoms with Crippen molar-refractivity contribution >= 4 is 10.8 Å². The van der Waals surface area contributed by atoms with Gasteiger partial charge in [0.25, 0.3) is 0 Å². The lowest BCUT2D eigenvalue weighted by Gasteiger charge is -2.03. The Hall–Kier alpha value is -1.37. The van der Waals surface area contributed by atoms with E-state index in [4.69, 9.17) is 0 Å². The first-order valence-corrected chi connectivity index (χ1v) is 4.10. The van der Waals surface area contributed by atoms with Gasteiger partial charge in [0.05, 0.1) is 0 Å². The van der Waals surface area contributed by atoms with Crippen LogP contribution in [0.5, 0.6) is 0 Å². The van der Waals surface area contributed by atoms with Crippen LogP contribution in [0.3, 0.4) is 0 Å². The summed E-state index contributed by atoms with van der Waals surface area (Å²) in [7, 11) is 0. The summed E-state index contributed by atoms with van der Waals surface area (Å²) in [6, 6.07) is 8.34. The molecule has 2 aromatic rings. The molecule has 1 nitrogen and oxygen atoms in total. The van der Waals surface area contributed by atoms with Crippen LogP contribution in [-0.2, 0) is 0 Å². The third kappa shape index (κ3) is 0.981. The van der Waals surface area contributed by atoms with E-state index in [0.29, 0.717) is 0 Å². The van der Waals surface area contributed by atoms with Gasteiger partial charge in [0.1, 0.15) is 0 Å². The Bertz CT molecular complexity index is 418. The zero-order chi connectivity index (χ0) is 8.55. The molecule has 0 fully saturated rings. The third-order valence-electron chi connectivity index (χ3n) is 2.30. The molecule has 1 aromatic heterocycles. The van der Waals surface area contributed by atoms with Crippen LogP contribution in [-0.4, -0.2) is 4.98 Å². The van der Waals surface area contributed by atoms with E-state index in [2.05, 4.69) is 30.1 Å². The number of hydrogen-bond acceptors (Lipinski definition) is 1. The lowest BCUT2D eigenvalue weighted by Crippen LogP contribution is -1.87. The fraction of sp³-hybridized carbons (Fsp3) is 0.182. The molecule has 0 spiro atoms. The highest BCUT2D eigenvalue weighted by Gasteiger charge is 1.98. The quantitative estimate of drug-likeness (QED) is 0.573. The van der Waals surface area contributed by atoms with Gasteiger partial charge in [-0.25, -0.2) is 0 Å². The minimum Gasteiger partial charge on any atom is -0.261 e. The third-order valence-corrected chi connectivity index (χ3v) is 2.30. The van der Waals surface area contributed by atoms with Gasteiger partial charge >= 0.3 is 0 Å². The molecule has 0 aliphatic carbocycles. The van der Waals surface area contributed by atoms with Gasteiger partial charge in [0, 0.05) is 17.3 Å². The van der Waals surface area contributed by atoms with Gasteiger partial charge in [-0.05, 0) is 24.8 Å². The molecule has 2 rings (SSSR count). The number of pyridine rings is 1. The van der Waals surface area contributed by atoms with Gasteiger partial charge in [0.2, 0.25) is 0 Å². The fourth-order valence-corrected chi connectivity index (χ4v) is 1.41. The average molecular weight is 157 g/mol. The minimum atomic E-state index is 1.12. The highest BCUT2D eigenvalue weighted by atomic mass is 14.7. The number of aryl methyl sites for hydroxylation is 2. The van der Waals surface area contributed by atoms with Crippen molar-refractivity contribution in [2.75, 3.05) is 0 Å². The molecule has 0 aliphatic rings. The zero-order valence-corrected chi connectivity index (χ0v) is 7.33. The summed E-state index contributed by atoms with van der Waals surface area (Å²) in [6.07, 6.45) is 1.93. The predicted molar refractivity (Wildman–Crippen MR) is 51.2 cm³/mol. The molecule has 0 unspecified atom stereocenters. The highest BCUT2D eigenvalue weighted by Crippen LogP contribution is 2.18. The van der Waals surface area contributed by atoms with Crippen molar-refractivity contribution in [2.45, 2.75) is 13.8 Å². The Labute approximate surface area is 72.1 Å². The minimum absolute atomic E-state index is 1.12. The largest absolute Gasteiger partial charge is 0.261 e. The summed E-state index contributed by atoms with van der Waals surface area (Å²) in [5, 5.41) is 2.53. The highest BCUT2D eigenvalue weighted by molar-refractivity contribution is 5.85. The van der Waals surface area contributed by atoms with E-state index in [1.54, 1.807) is 0 Å². The van der Waals surface area contributed by atoms with Crippen molar-refractivity contribution in [1.29, 1.82) is 0 Å². The Balaban J connectivity index is 2.91. The standard InChI is InChI=1S/C11H11N/c1-8-9(2)12-7-10-5-3-4-6-11(8)10/h3-7H,1-2H3. The number of nitrogens with zero attached hydrogens (tertiary/aromatic N) is 1. The van der Waals surface area contributed by atoms with Gasteiger partial charge in [-0.1, -0.05) is 24.3 Å². The van der Waals surface area contributed by atoms with Crippen LogP contribution in [0.2, 0.25) is 0 Å². The van der Waals surface area contributed by atoms with Crippen LogP contribution in [0.15, 0.2) is 30.5 Å². The number of rotatable bonds is 0. The smallest absolute Gasteiger partial charge is 0.0408 e. The molecule has 12 heavy (non-hydrogen) atoms. The second-order valence-corrected chi connectivity index (χ2v) is 3.06. The maximum atomic E-state index is 4.31. The first-order valence-electron chi connectivity index (χ1n) is 4.10. The van der Waals surface area contributed by atoms with Crippen LogP contribution in [0.1, 0.15) is 11.3 Å². The van der Waals surface area contributed by atoms with E-state index in [1.807, 2.05) is 19.2 Å². The average Bonchev–Trinajstić information content (AvgIpc) is 2.12. The Morgan fingerprint density at radius 3 is 2.67 bits per heavy atom. The van der Waals surface area contributed by atoms with Gasteiger partial charge < -0.3 is 0 Å². The van der Waals surface area contributed by atoms with Crippen LogP contribution in [0, 0.1) is 13.8 Å². The van der Waals surface area contributed by atoms with E-state index in [1.165, 1.54) is 16.3 Å². The van der Waals surface area contributed by atoms with Crippen LogP contribution in [0.4, 0.5) is 0 Å². The second kappa shape index (κ2) is 2.59. The van der Waals surface area contributed by atoms with E-state index in [9.17, 15) is 0 Å². The Morgan fingerprint density at radius 2 is 1.83 bits per heavy atom. The molecule has 0 saturated heterocycles. The number of benzene rings is 1. The fourth-order valence-electron chi connectivity index (χ4n) is 1.41. The zero-order valence-electron chi connectivity index (χ0n) is 7.33. The molecule has 0 N–H and O–H groups in total. The first-order chi connectivity index (χ1) is 5.79. The van der Waals surface area contributed by atoms with E-state index < -0.39 is 0 Å². The first kappa shape index (κ1) is 7.29. The van der Waals surface area contributed by atoms with Crippen LogP contribution < -0.4 is 0 Å². The van der Waals surface area contributed by atoms with Crippen molar-refractivity contribution in [3.05, 3.63) is 41.7 Å². The monoisotopic (exact) mass is 157 g/mol. The molecular weight excluding hydrogens is 146 g/mol. The summed E-state index contributed by atoms with van der Waals surface area (Å²) in [4.78, 5) is 4.31. The molecule has 0 radical (unpaired) electrons. The lowest BCUT2D eigenvalue weighted by molar-refractivity contribution is 1.18. The molecule has 1 aromatic carbocycles. The Morgan fingerprint density at radius 1 is 1.08 bits per heavy atom. The van der Waals surface area contributed by atoms with Crippen molar-refractivity contribution in [3.8, 4) is 0 Å². The van der Waals surface area contributed by atoms with Gasteiger partial charge in [-0.2, -0.15) is 0 Å². The summed E-state index contributed by atoms with van der Waals surface area (Å²) in [5.74, 6) is 0. The lowest BCUT2D eigenvalue weighted by atomic mass is 10.1. The summed E-state index contributed by atoms with van der Waals surface area (Å²) in [6.45, 7) is 4.16. The maximum Gasteiger partial charge on any atom is 0.0408 e. The molecule has 0 atom stereocenters. The van der Waals surface area contributed by atoms with Crippen molar-refractivity contribution in [2.24, 2.45) is 0 Å². The van der Waals surface area contributed by atoms with E-state index >= 15 is 0 Å². The maximum absolute atomic E-state index is 4.31. The van der Waals surface area contributed by atoms with Crippen LogP contribution >= 0.6 is 0 Å². The van der Waals surface area contributed by atoms with Gasteiger partial charge in [-0.3, -0.25) is 4.98 Å². The SMILES string of the molecule is Cc1ncc2ccccc2c1C. The van der Waals surface area contributed by atoms with Crippen molar-refractivity contribution in [1.82, 2.24) is 4.98 Å². The van der Waals surface area contributed by atoms with Crippen LogP contribution in [0.25, 0.3) is 10.8 Å². The predicted octanol–water partition coefficient (Wildman–Crippen LogP) is 2.85. The van der Waals surface area contributed by atoms with Gasteiger partial charge in [-0.15, -0.1) is 0 Å². The summed E-state index contributed by atoms with van der Waals surface area (Å²) in [5.41, 5.74) is 2.40. The van der Waals surface area contributed by atoms with E-state index in [0.717, 1.165) is 5.69 Å². The summed E-state index contributed by atoms with van der Waals surface area (Å²) >= 11 is 0. The summed E-state index contributed by atoms with van der Waals surface area (Å²) < 4.78 is 0. The normalized spacial score (nSPS) is 10.5. The van der Waals surface area contributed by atoms with Gasteiger partial charge in [0.15, 0.2) is 0 Å². The number of hydrogen-bond donors (Lipinski definition) is 0. The molecule has 0 bridgehead atoms. The van der Waals surface area contributed by atoms with Crippen molar-refractivity contribution in [3.63, 3.8) is 0 Å². The van der Waals surface area contributed by atoms with Crippen molar-refractivity contribution < 1.29 is 0 Å². The molecule has 0 aliphatic heterocycles. The molecule has 60 valence electrons. The topological polar surface area (TPSA) is 12.9 Å². The Kier molecular flexibility index (Phi) is 1.58. The molecule has 0 amide bonds. The molecule has 1 heteroatoms. The number of fused-ring (bicyclic) bond motifs is 1. The number of aromatic nitrogens is 1. The molecule has 0 saturated carbocycles. The van der Waals surface area contributed by atoms with E-state index in [-0.39, 0.29) is 0 Å². The molecule has 1 heterocycles.